The fraction of sp³-hybridized carbons (Fsp3) is 0.500. The molecule has 102 valence electrons. The molecule has 0 aliphatic carbocycles. The van der Waals surface area contributed by atoms with E-state index in [1.807, 2.05) is 0 Å². The Kier molecular flexibility index (Phi) is 5.58. The van der Waals surface area contributed by atoms with Crippen molar-refractivity contribution in [3.8, 4) is 5.75 Å². The van der Waals surface area contributed by atoms with E-state index in [4.69, 9.17) is 9.84 Å². The molecule has 2 N–H and O–H groups in total. The van der Waals surface area contributed by atoms with Crippen molar-refractivity contribution in [2.24, 2.45) is 0 Å². The molecule has 0 saturated heterocycles. The van der Waals surface area contributed by atoms with E-state index in [2.05, 4.69) is 4.72 Å². The summed E-state index contributed by atoms with van der Waals surface area (Å²) < 4.78 is 31.4. The predicted molar refractivity (Wildman–Crippen MR) is 69.2 cm³/mol. The van der Waals surface area contributed by atoms with Crippen LogP contribution in [-0.4, -0.2) is 33.8 Å². The fourth-order valence-corrected chi connectivity index (χ4v) is 2.70. The van der Waals surface area contributed by atoms with Crippen LogP contribution in [0.2, 0.25) is 0 Å². The van der Waals surface area contributed by atoms with Gasteiger partial charge in [0.2, 0.25) is 10.0 Å². The van der Waals surface area contributed by atoms with Gasteiger partial charge in [0.1, 0.15) is 5.75 Å². The highest BCUT2D eigenvalue weighted by Gasteiger charge is 2.14. The van der Waals surface area contributed by atoms with E-state index < -0.39 is 10.0 Å². The van der Waals surface area contributed by atoms with E-state index in [9.17, 15) is 8.42 Å². The van der Waals surface area contributed by atoms with Gasteiger partial charge in [-0.25, -0.2) is 13.1 Å². The van der Waals surface area contributed by atoms with E-state index in [0.29, 0.717) is 25.1 Å². The lowest BCUT2D eigenvalue weighted by molar-refractivity contribution is 0.285. The van der Waals surface area contributed by atoms with E-state index in [0.717, 1.165) is 5.56 Å². The van der Waals surface area contributed by atoms with Gasteiger partial charge in [0.25, 0.3) is 0 Å². The third-order valence-corrected chi connectivity index (χ3v) is 4.01. The Labute approximate surface area is 108 Å². The van der Waals surface area contributed by atoms with Gasteiger partial charge < -0.3 is 9.84 Å². The largest absolute Gasteiger partial charge is 0.496 e. The number of unbranched alkanes of at least 4 members (excludes halogenated alkanes) is 1. The Balaban J connectivity index is 2.76. The molecule has 0 amide bonds. The molecule has 1 rings (SSSR count). The van der Waals surface area contributed by atoms with E-state index in [-0.39, 0.29) is 11.5 Å². The van der Waals surface area contributed by atoms with Crippen LogP contribution in [-0.2, 0) is 10.0 Å². The standard InChI is InChI=1S/C12H19NO4S/c1-10-9-11(5-6-12(10)17-2)18(15,16)13-7-3-4-8-14/h5-6,9,13-14H,3-4,7-8H2,1-2H3. The first-order valence-corrected chi connectivity index (χ1v) is 7.24. The molecule has 6 heteroatoms. The van der Waals surface area contributed by atoms with E-state index in [1.54, 1.807) is 26.2 Å². The predicted octanol–water partition coefficient (Wildman–Crippen LogP) is 1.05. The lowest BCUT2D eigenvalue weighted by atomic mass is 10.2. The molecule has 0 atom stereocenters. The maximum atomic E-state index is 11.9. The second-order valence-electron chi connectivity index (χ2n) is 3.96. The molecule has 0 radical (unpaired) electrons. The number of ether oxygens (including phenoxy) is 1. The second kappa shape index (κ2) is 6.72. The van der Waals surface area contributed by atoms with Crippen LogP contribution in [0.4, 0.5) is 0 Å². The molecule has 0 spiro atoms. The highest BCUT2D eigenvalue weighted by molar-refractivity contribution is 7.89. The first-order chi connectivity index (χ1) is 8.51. The number of methoxy groups -OCH3 is 1. The maximum Gasteiger partial charge on any atom is 0.240 e. The number of rotatable bonds is 7. The van der Waals surface area contributed by atoms with Gasteiger partial charge in [0.15, 0.2) is 0 Å². The summed E-state index contributed by atoms with van der Waals surface area (Å²) in [7, 11) is -1.93. The molecule has 0 bridgehead atoms. The highest BCUT2D eigenvalue weighted by atomic mass is 32.2. The molecule has 0 aromatic heterocycles. The number of aliphatic hydroxyl groups is 1. The van der Waals surface area contributed by atoms with Gasteiger partial charge in [0.05, 0.1) is 12.0 Å². The Morgan fingerprint density at radius 3 is 2.61 bits per heavy atom. The maximum absolute atomic E-state index is 11.9. The molecule has 0 aliphatic heterocycles. The van der Waals surface area contributed by atoms with E-state index >= 15 is 0 Å². The van der Waals surface area contributed by atoms with Crippen LogP contribution in [0.1, 0.15) is 18.4 Å². The van der Waals surface area contributed by atoms with Gasteiger partial charge in [-0.2, -0.15) is 0 Å². The van der Waals surface area contributed by atoms with Crippen LogP contribution in [0, 0.1) is 6.92 Å². The molecular weight excluding hydrogens is 254 g/mol. The molecule has 1 aromatic carbocycles. The molecule has 0 unspecified atom stereocenters. The normalized spacial score (nSPS) is 11.5. The fourth-order valence-electron chi connectivity index (χ4n) is 1.54. The summed E-state index contributed by atoms with van der Waals surface area (Å²) in [6.45, 7) is 2.20. The quantitative estimate of drug-likeness (QED) is 0.728. The minimum atomic E-state index is -3.48. The molecule has 0 aliphatic rings. The second-order valence-corrected chi connectivity index (χ2v) is 5.73. The van der Waals surface area contributed by atoms with Crippen LogP contribution >= 0.6 is 0 Å². The summed E-state index contributed by atoms with van der Waals surface area (Å²) in [6, 6.07) is 4.73. The average molecular weight is 273 g/mol. The monoisotopic (exact) mass is 273 g/mol. The van der Waals surface area contributed by atoms with Crippen molar-refractivity contribution in [3.63, 3.8) is 0 Å². The number of hydrogen-bond donors (Lipinski definition) is 2. The molecule has 0 saturated carbocycles. The molecule has 1 aromatic rings. The first kappa shape index (κ1) is 14.9. The van der Waals surface area contributed by atoms with Gasteiger partial charge in [0, 0.05) is 13.2 Å². The Bertz CT molecular complexity index is 485. The minimum absolute atomic E-state index is 0.0728. The minimum Gasteiger partial charge on any atom is -0.496 e. The van der Waals surface area contributed by atoms with Crippen LogP contribution in [0.15, 0.2) is 23.1 Å². The smallest absolute Gasteiger partial charge is 0.240 e. The molecular formula is C12H19NO4S. The molecule has 18 heavy (non-hydrogen) atoms. The lowest BCUT2D eigenvalue weighted by Gasteiger charge is -2.09. The van der Waals surface area contributed by atoms with Crippen molar-refractivity contribution in [1.29, 1.82) is 0 Å². The summed E-state index contributed by atoms with van der Waals surface area (Å²) in [5.41, 5.74) is 0.774. The zero-order chi connectivity index (χ0) is 13.6. The summed E-state index contributed by atoms with van der Waals surface area (Å²) in [6.07, 6.45) is 1.20. The van der Waals surface area contributed by atoms with Crippen LogP contribution in [0.5, 0.6) is 5.75 Å². The number of sulfonamides is 1. The van der Waals surface area contributed by atoms with Crippen molar-refractivity contribution >= 4 is 10.0 Å². The zero-order valence-corrected chi connectivity index (χ0v) is 11.5. The lowest BCUT2D eigenvalue weighted by Crippen LogP contribution is -2.25. The summed E-state index contributed by atoms with van der Waals surface area (Å²) in [5.74, 6) is 0.661. The Morgan fingerprint density at radius 1 is 1.33 bits per heavy atom. The number of benzene rings is 1. The van der Waals surface area contributed by atoms with Crippen molar-refractivity contribution in [1.82, 2.24) is 4.72 Å². The molecule has 5 nitrogen and oxygen atoms in total. The number of aliphatic hydroxyl groups excluding tert-OH is 1. The third kappa shape index (κ3) is 3.97. The average Bonchev–Trinajstić information content (AvgIpc) is 2.34. The summed E-state index contributed by atoms with van der Waals surface area (Å²) in [5, 5.41) is 8.62. The number of hydrogen-bond acceptors (Lipinski definition) is 4. The van der Waals surface area contributed by atoms with Crippen LogP contribution in [0.3, 0.4) is 0 Å². The SMILES string of the molecule is COc1ccc(S(=O)(=O)NCCCCO)cc1C. The number of aryl methyl sites for hydroxylation is 1. The van der Waals surface area contributed by atoms with Gasteiger partial charge in [-0.1, -0.05) is 0 Å². The molecule has 0 heterocycles. The summed E-state index contributed by atoms with van der Waals surface area (Å²) >= 11 is 0. The summed E-state index contributed by atoms with van der Waals surface area (Å²) in [4.78, 5) is 0.227. The molecule has 0 fully saturated rings. The van der Waals surface area contributed by atoms with Crippen LogP contribution < -0.4 is 9.46 Å². The van der Waals surface area contributed by atoms with Gasteiger partial charge in [-0.05, 0) is 43.5 Å². The van der Waals surface area contributed by atoms with Gasteiger partial charge in [-0.3, -0.25) is 0 Å². The number of nitrogens with one attached hydrogen (secondary N) is 1. The van der Waals surface area contributed by atoms with Gasteiger partial charge >= 0.3 is 0 Å². The van der Waals surface area contributed by atoms with Crippen molar-refractivity contribution in [2.45, 2.75) is 24.7 Å². The van der Waals surface area contributed by atoms with E-state index in [1.165, 1.54) is 6.07 Å². The van der Waals surface area contributed by atoms with Crippen molar-refractivity contribution in [3.05, 3.63) is 23.8 Å². The van der Waals surface area contributed by atoms with Crippen molar-refractivity contribution in [2.75, 3.05) is 20.3 Å². The third-order valence-electron chi connectivity index (χ3n) is 2.55. The topological polar surface area (TPSA) is 75.6 Å². The zero-order valence-electron chi connectivity index (χ0n) is 10.6. The van der Waals surface area contributed by atoms with Crippen LogP contribution in [0.25, 0.3) is 0 Å². The Hall–Kier alpha value is -1.11. The van der Waals surface area contributed by atoms with Crippen molar-refractivity contribution < 1.29 is 18.3 Å². The van der Waals surface area contributed by atoms with Gasteiger partial charge in [-0.15, -0.1) is 0 Å². The highest BCUT2D eigenvalue weighted by Crippen LogP contribution is 2.21. The first-order valence-electron chi connectivity index (χ1n) is 5.76. The Morgan fingerprint density at radius 2 is 2.06 bits per heavy atom.